The van der Waals surface area contributed by atoms with Crippen molar-refractivity contribution in [2.45, 2.75) is 27.7 Å². The van der Waals surface area contributed by atoms with E-state index in [1.54, 1.807) is 7.05 Å². The van der Waals surface area contributed by atoms with Crippen molar-refractivity contribution in [3.63, 3.8) is 0 Å². The molecule has 2 N–H and O–H groups in total. The lowest BCUT2D eigenvalue weighted by molar-refractivity contribution is 0.0955. The van der Waals surface area contributed by atoms with E-state index >= 15 is 0 Å². The lowest BCUT2D eigenvalue weighted by atomic mass is 10.1. The van der Waals surface area contributed by atoms with E-state index in [2.05, 4.69) is 10.3 Å². The van der Waals surface area contributed by atoms with Crippen molar-refractivity contribution >= 4 is 16.8 Å². The third-order valence-electron chi connectivity index (χ3n) is 3.50. The molecular weight excluding hydrogens is 264 g/mol. The number of carbonyl (C=O) groups is 1. The molecular formula is C17H22N2O2. The highest BCUT2D eigenvalue weighted by molar-refractivity contribution is 6.05. The Morgan fingerprint density at radius 1 is 1.29 bits per heavy atom. The molecule has 1 amide bonds. The highest BCUT2D eigenvalue weighted by atomic mass is 16.5. The number of hydrogen-bond donors (Lipinski definition) is 2. The Labute approximate surface area is 125 Å². The summed E-state index contributed by atoms with van der Waals surface area (Å²) >= 11 is 0. The van der Waals surface area contributed by atoms with Gasteiger partial charge in [0.05, 0.1) is 5.52 Å². The monoisotopic (exact) mass is 286 g/mol. The Bertz CT molecular complexity index is 707. The maximum Gasteiger partial charge on any atom is 0.271 e. The van der Waals surface area contributed by atoms with E-state index in [0.29, 0.717) is 18.1 Å². The van der Waals surface area contributed by atoms with E-state index < -0.39 is 0 Å². The van der Waals surface area contributed by atoms with Gasteiger partial charge in [0.1, 0.15) is 12.3 Å². The summed E-state index contributed by atoms with van der Waals surface area (Å²) in [5.41, 5.74) is 4.81. The quantitative estimate of drug-likeness (QED) is 0.845. The first-order chi connectivity index (χ1) is 9.95. The van der Waals surface area contributed by atoms with E-state index in [0.717, 1.165) is 22.0 Å². The van der Waals surface area contributed by atoms with Gasteiger partial charge in [0.25, 0.3) is 5.91 Å². The predicted octanol–water partition coefficient (Wildman–Crippen LogP) is 3.49. The van der Waals surface area contributed by atoms with Gasteiger partial charge in [-0.05, 0) is 44.9 Å². The highest BCUT2D eigenvalue weighted by Gasteiger charge is 2.20. The van der Waals surface area contributed by atoms with Gasteiger partial charge < -0.3 is 15.0 Å². The maximum absolute atomic E-state index is 12.1. The van der Waals surface area contributed by atoms with Crippen LogP contribution in [0.5, 0.6) is 5.75 Å². The summed E-state index contributed by atoms with van der Waals surface area (Å²) in [7, 11) is 1.62. The molecule has 2 rings (SSSR count). The summed E-state index contributed by atoms with van der Waals surface area (Å²) in [4.78, 5) is 15.3. The number of H-pyrrole nitrogens is 1. The third-order valence-corrected chi connectivity index (χ3v) is 3.50. The Balaban J connectivity index is 2.60. The van der Waals surface area contributed by atoms with Gasteiger partial charge in [-0.15, -0.1) is 0 Å². The van der Waals surface area contributed by atoms with Crippen LogP contribution in [0, 0.1) is 13.8 Å². The smallest absolute Gasteiger partial charge is 0.271 e. The van der Waals surface area contributed by atoms with Gasteiger partial charge in [-0.2, -0.15) is 0 Å². The van der Waals surface area contributed by atoms with Crippen LogP contribution in [-0.4, -0.2) is 24.5 Å². The van der Waals surface area contributed by atoms with Crippen LogP contribution in [0.25, 0.3) is 10.9 Å². The number of carbonyl (C=O) groups excluding carboxylic acids is 1. The van der Waals surface area contributed by atoms with Crippen molar-refractivity contribution in [2.24, 2.45) is 0 Å². The number of aromatic amines is 1. The van der Waals surface area contributed by atoms with Crippen molar-refractivity contribution in [2.75, 3.05) is 13.7 Å². The van der Waals surface area contributed by atoms with Crippen LogP contribution in [0.4, 0.5) is 0 Å². The maximum atomic E-state index is 12.1. The molecule has 0 saturated carbocycles. The average Bonchev–Trinajstić information content (AvgIpc) is 2.82. The standard InChI is InChI=1S/C17H22N2O2/c1-10(2)8-9-21-16-13-11(3)6-7-12(4)14(13)19-15(16)17(20)18-5/h6-8,19H,9H2,1-5H3,(H,18,20). The van der Waals surface area contributed by atoms with Gasteiger partial charge in [-0.3, -0.25) is 4.79 Å². The van der Waals surface area contributed by atoms with Gasteiger partial charge in [-0.25, -0.2) is 0 Å². The second-order valence-electron chi connectivity index (χ2n) is 5.45. The molecule has 4 heteroatoms. The lowest BCUT2D eigenvalue weighted by Crippen LogP contribution is -2.19. The van der Waals surface area contributed by atoms with Gasteiger partial charge in [0, 0.05) is 12.4 Å². The van der Waals surface area contributed by atoms with Gasteiger partial charge >= 0.3 is 0 Å². The van der Waals surface area contributed by atoms with Crippen LogP contribution in [-0.2, 0) is 0 Å². The van der Waals surface area contributed by atoms with Crippen molar-refractivity contribution in [1.82, 2.24) is 10.3 Å². The molecule has 0 saturated heterocycles. The predicted molar refractivity (Wildman–Crippen MR) is 86.1 cm³/mol. The Hall–Kier alpha value is -2.23. The number of aromatic nitrogens is 1. The number of benzene rings is 1. The molecule has 1 heterocycles. The van der Waals surface area contributed by atoms with Crippen LogP contribution in [0.3, 0.4) is 0 Å². The number of nitrogens with one attached hydrogen (secondary N) is 2. The van der Waals surface area contributed by atoms with Crippen molar-refractivity contribution in [1.29, 1.82) is 0 Å². The summed E-state index contributed by atoms with van der Waals surface area (Å²) in [6, 6.07) is 4.09. The lowest BCUT2D eigenvalue weighted by Gasteiger charge is -2.07. The summed E-state index contributed by atoms with van der Waals surface area (Å²) in [5.74, 6) is 0.459. The molecule has 1 aromatic heterocycles. The van der Waals surface area contributed by atoms with Gasteiger partial charge in [0.2, 0.25) is 0 Å². The number of allylic oxidation sites excluding steroid dienone is 1. The highest BCUT2D eigenvalue weighted by Crippen LogP contribution is 2.34. The zero-order valence-electron chi connectivity index (χ0n) is 13.3. The van der Waals surface area contributed by atoms with E-state index in [4.69, 9.17) is 4.74 Å². The summed E-state index contributed by atoms with van der Waals surface area (Å²) in [5, 5.41) is 3.64. The van der Waals surface area contributed by atoms with Crippen LogP contribution in [0.2, 0.25) is 0 Å². The molecule has 2 aromatic rings. The molecule has 4 nitrogen and oxygen atoms in total. The molecule has 0 spiro atoms. The first-order valence-corrected chi connectivity index (χ1v) is 7.05. The fraction of sp³-hybridized carbons (Fsp3) is 0.353. The topological polar surface area (TPSA) is 54.1 Å². The Morgan fingerprint density at radius 2 is 1.95 bits per heavy atom. The average molecular weight is 286 g/mol. The second-order valence-corrected chi connectivity index (χ2v) is 5.45. The van der Waals surface area contributed by atoms with Crippen LogP contribution in [0.1, 0.15) is 35.5 Å². The molecule has 0 radical (unpaired) electrons. The molecule has 112 valence electrons. The molecule has 21 heavy (non-hydrogen) atoms. The zero-order chi connectivity index (χ0) is 15.6. The number of rotatable bonds is 4. The minimum absolute atomic E-state index is 0.169. The summed E-state index contributed by atoms with van der Waals surface area (Å²) in [6.45, 7) is 8.54. The molecule has 0 aliphatic heterocycles. The van der Waals surface area contributed by atoms with E-state index in [9.17, 15) is 4.79 Å². The van der Waals surface area contributed by atoms with E-state index in [1.165, 1.54) is 5.57 Å². The number of fused-ring (bicyclic) bond motifs is 1. The van der Waals surface area contributed by atoms with E-state index in [-0.39, 0.29) is 5.91 Å². The van der Waals surface area contributed by atoms with Gasteiger partial charge in [0.15, 0.2) is 5.75 Å². The van der Waals surface area contributed by atoms with Crippen LogP contribution < -0.4 is 10.1 Å². The molecule has 0 bridgehead atoms. The van der Waals surface area contributed by atoms with Gasteiger partial charge in [-0.1, -0.05) is 17.7 Å². The second kappa shape index (κ2) is 6.04. The number of amides is 1. The minimum Gasteiger partial charge on any atom is -0.486 e. The normalized spacial score (nSPS) is 10.5. The molecule has 0 aliphatic carbocycles. The Morgan fingerprint density at radius 3 is 2.57 bits per heavy atom. The molecule has 1 aromatic carbocycles. The number of aryl methyl sites for hydroxylation is 2. The number of ether oxygens (including phenoxy) is 1. The summed E-state index contributed by atoms with van der Waals surface area (Å²) < 4.78 is 5.89. The first kappa shape index (κ1) is 15.2. The summed E-state index contributed by atoms with van der Waals surface area (Å²) in [6.07, 6.45) is 2.00. The largest absolute Gasteiger partial charge is 0.486 e. The SMILES string of the molecule is CNC(=O)c1[nH]c2c(C)ccc(C)c2c1OCC=C(C)C. The molecule has 0 atom stereocenters. The molecule has 0 fully saturated rings. The van der Waals surface area contributed by atoms with Crippen molar-refractivity contribution in [3.05, 3.63) is 40.6 Å². The minimum atomic E-state index is -0.169. The fourth-order valence-corrected chi connectivity index (χ4v) is 2.29. The third kappa shape index (κ3) is 2.94. The fourth-order valence-electron chi connectivity index (χ4n) is 2.29. The van der Waals surface area contributed by atoms with Crippen molar-refractivity contribution in [3.8, 4) is 5.75 Å². The van der Waals surface area contributed by atoms with Crippen molar-refractivity contribution < 1.29 is 9.53 Å². The van der Waals surface area contributed by atoms with Crippen LogP contribution >= 0.6 is 0 Å². The number of hydrogen-bond acceptors (Lipinski definition) is 2. The Kier molecular flexibility index (Phi) is 4.36. The zero-order valence-corrected chi connectivity index (χ0v) is 13.3. The molecule has 0 unspecified atom stereocenters. The first-order valence-electron chi connectivity index (χ1n) is 7.05. The van der Waals surface area contributed by atoms with Crippen LogP contribution in [0.15, 0.2) is 23.8 Å². The molecule has 0 aliphatic rings. The van der Waals surface area contributed by atoms with E-state index in [1.807, 2.05) is 45.9 Å².